The quantitative estimate of drug-likeness (QED) is 0.147. The molecule has 2 aromatic carbocycles. The largest absolute Gasteiger partial charge is 0.416 e. The molecule has 1 aromatic heterocycles. The lowest BCUT2D eigenvalue weighted by atomic mass is 10.0. The van der Waals surface area contributed by atoms with Crippen molar-refractivity contribution in [2.45, 2.75) is 39.8 Å². The van der Waals surface area contributed by atoms with Gasteiger partial charge in [0.1, 0.15) is 12.1 Å². The van der Waals surface area contributed by atoms with Crippen molar-refractivity contribution in [3.63, 3.8) is 0 Å². The van der Waals surface area contributed by atoms with Gasteiger partial charge in [-0.15, -0.1) is 0 Å². The number of benzene rings is 2. The third-order valence-corrected chi connectivity index (χ3v) is 5.31. The second-order valence-corrected chi connectivity index (χ2v) is 7.82. The number of allylic oxidation sites excluding steroid dienone is 3. The fourth-order valence-electron chi connectivity index (χ4n) is 3.65. The molecule has 0 spiro atoms. The Bertz CT molecular complexity index is 1240. The summed E-state index contributed by atoms with van der Waals surface area (Å²) in [6.07, 6.45) is -0.299. The minimum Gasteiger partial charge on any atom is -0.394 e. The van der Waals surface area contributed by atoms with Crippen molar-refractivity contribution in [3.8, 4) is 0 Å². The van der Waals surface area contributed by atoms with Crippen LogP contribution in [0.3, 0.4) is 0 Å². The van der Waals surface area contributed by atoms with Gasteiger partial charge in [-0.25, -0.2) is 4.39 Å². The van der Waals surface area contributed by atoms with E-state index in [2.05, 4.69) is 5.32 Å². The molecule has 0 aliphatic carbocycles. The standard InChI is InChI=1S/C24H22F4N2O.C2H6O2/c1-15-17(6-4-8-21(15)25)13-30-16(2)23(18(14-31)7-5-11-29-3)20-12-19(24(26,27)28)9-10-22(20)30;1-2(3)4/h4-12,14,29H,13H2,1-3H3;2-4H,1H3/b11-5-,18-7+;. The Morgan fingerprint density at radius 1 is 1.17 bits per heavy atom. The number of nitrogens with one attached hydrogen (secondary N) is 1. The van der Waals surface area contributed by atoms with Gasteiger partial charge in [-0.1, -0.05) is 12.1 Å². The molecule has 0 radical (unpaired) electrons. The maximum absolute atomic E-state index is 14.0. The summed E-state index contributed by atoms with van der Waals surface area (Å²) in [6.45, 7) is 4.94. The first kappa shape index (κ1) is 27.8. The van der Waals surface area contributed by atoms with E-state index < -0.39 is 18.0 Å². The predicted octanol–water partition coefficient (Wildman–Crippen LogP) is 5.10. The van der Waals surface area contributed by atoms with E-state index in [1.165, 1.54) is 19.1 Å². The van der Waals surface area contributed by atoms with Crippen LogP contribution in [0.15, 0.2) is 54.8 Å². The first-order valence-electron chi connectivity index (χ1n) is 10.7. The Morgan fingerprint density at radius 3 is 2.40 bits per heavy atom. The zero-order valence-electron chi connectivity index (χ0n) is 19.8. The number of carbonyl (C=O) groups excluding carboxylic acids is 1. The lowest BCUT2D eigenvalue weighted by Gasteiger charge is -2.12. The number of aliphatic hydroxyl groups is 2. The molecule has 0 atom stereocenters. The van der Waals surface area contributed by atoms with Crippen molar-refractivity contribution in [1.29, 1.82) is 0 Å². The smallest absolute Gasteiger partial charge is 0.394 e. The van der Waals surface area contributed by atoms with Crippen molar-refractivity contribution < 1.29 is 32.6 Å². The molecule has 9 heteroatoms. The van der Waals surface area contributed by atoms with Gasteiger partial charge < -0.3 is 20.1 Å². The summed E-state index contributed by atoms with van der Waals surface area (Å²) in [7, 11) is 1.69. The molecular weight excluding hydrogens is 464 g/mol. The van der Waals surface area contributed by atoms with Crippen molar-refractivity contribution >= 4 is 22.8 Å². The topological polar surface area (TPSA) is 74.5 Å². The Labute approximate surface area is 201 Å². The van der Waals surface area contributed by atoms with Crippen LogP contribution in [0.25, 0.3) is 16.5 Å². The number of alkyl halides is 3. The van der Waals surface area contributed by atoms with Gasteiger partial charge in [0.2, 0.25) is 0 Å². The van der Waals surface area contributed by atoms with Crippen LogP contribution in [0, 0.1) is 19.7 Å². The van der Waals surface area contributed by atoms with Gasteiger partial charge in [0, 0.05) is 41.3 Å². The monoisotopic (exact) mass is 492 g/mol. The number of aliphatic hydroxyl groups excluding tert-OH is 1. The molecule has 1 heterocycles. The van der Waals surface area contributed by atoms with Crippen molar-refractivity contribution in [1.82, 2.24) is 9.88 Å². The molecule has 0 saturated heterocycles. The number of fused-ring (bicyclic) bond motifs is 1. The van der Waals surface area contributed by atoms with E-state index in [0.29, 0.717) is 39.6 Å². The molecule has 188 valence electrons. The van der Waals surface area contributed by atoms with E-state index in [4.69, 9.17) is 10.2 Å². The molecule has 0 unspecified atom stereocenters. The number of aldehydes is 1. The number of halogens is 4. The zero-order valence-corrected chi connectivity index (χ0v) is 19.8. The number of rotatable bonds is 6. The minimum absolute atomic E-state index is 0.253. The molecule has 5 nitrogen and oxygen atoms in total. The third-order valence-electron chi connectivity index (χ3n) is 5.31. The van der Waals surface area contributed by atoms with E-state index in [0.717, 1.165) is 12.1 Å². The van der Waals surface area contributed by atoms with Crippen LogP contribution in [0.5, 0.6) is 0 Å². The maximum Gasteiger partial charge on any atom is 0.416 e. The van der Waals surface area contributed by atoms with Crippen LogP contribution in [0.1, 0.15) is 34.9 Å². The van der Waals surface area contributed by atoms with E-state index in [9.17, 15) is 22.4 Å². The van der Waals surface area contributed by atoms with E-state index in [1.54, 1.807) is 51.4 Å². The Morgan fingerprint density at radius 2 is 1.83 bits per heavy atom. The molecule has 0 bridgehead atoms. The number of nitrogens with zero attached hydrogens (tertiary/aromatic N) is 1. The van der Waals surface area contributed by atoms with Gasteiger partial charge in [-0.3, -0.25) is 4.79 Å². The summed E-state index contributed by atoms with van der Waals surface area (Å²) in [5.74, 6) is -0.350. The van der Waals surface area contributed by atoms with Crippen molar-refractivity contribution in [2.75, 3.05) is 7.05 Å². The molecule has 0 saturated carbocycles. The summed E-state index contributed by atoms with van der Waals surface area (Å²) >= 11 is 0. The van der Waals surface area contributed by atoms with E-state index >= 15 is 0 Å². The number of aromatic nitrogens is 1. The lowest BCUT2D eigenvalue weighted by molar-refractivity contribution is -0.137. The summed E-state index contributed by atoms with van der Waals surface area (Å²) in [6, 6.07) is 8.22. The molecule has 0 aliphatic rings. The molecule has 35 heavy (non-hydrogen) atoms. The first-order chi connectivity index (χ1) is 16.4. The fraction of sp³-hybridized carbons (Fsp3) is 0.269. The van der Waals surface area contributed by atoms with Crippen LogP contribution in [0.2, 0.25) is 0 Å². The SMILES string of the molecule is CC(O)O.CN/C=C\C=C(/C=O)c1c(C)n(Cc2cccc(F)c2C)c2ccc(C(F)(F)F)cc12. The summed E-state index contributed by atoms with van der Waals surface area (Å²) in [4.78, 5) is 11.8. The summed E-state index contributed by atoms with van der Waals surface area (Å²) < 4.78 is 56.0. The van der Waals surface area contributed by atoms with Gasteiger partial charge in [-0.2, -0.15) is 13.2 Å². The molecule has 0 amide bonds. The van der Waals surface area contributed by atoms with Crippen molar-refractivity contribution in [2.24, 2.45) is 0 Å². The Kier molecular flexibility index (Phi) is 9.39. The first-order valence-corrected chi connectivity index (χ1v) is 10.7. The molecule has 3 aromatic rings. The second kappa shape index (κ2) is 11.8. The van der Waals surface area contributed by atoms with Crippen LogP contribution in [0.4, 0.5) is 17.6 Å². The normalized spacial score (nSPS) is 12.3. The number of carbonyl (C=O) groups is 1. The summed E-state index contributed by atoms with van der Waals surface area (Å²) in [5.41, 5.74) is 2.22. The minimum atomic E-state index is -4.52. The van der Waals surface area contributed by atoms with Crippen LogP contribution in [-0.4, -0.2) is 34.4 Å². The van der Waals surface area contributed by atoms with Crippen LogP contribution < -0.4 is 5.32 Å². The van der Waals surface area contributed by atoms with Gasteiger partial charge in [0.05, 0.1) is 5.56 Å². The predicted molar refractivity (Wildman–Crippen MR) is 128 cm³/mol. The summed E-state index contributed by atoms with van der Waals surface area (Å²) in [5, 5.41) is 18.3. The van der Waals surface area contributed by atoms with E-state index in [-0.39, 0.29) is 17.9 Å². The number of hydrogen-bond donors (Lipinski definition) is 3. The highest BCUT2D eigenvalue weighted by atomic mass is 19.4. The second-order valence-electron chi connectivity index (χ2n) is 7.82. The molecule has 3 N–H and O–H groups in total. The maximum atomic E-state index is 14.0. The number of hydrogen-bond acceptors (Lipinski definition) is 4. The molecular formula is C26H28F4N2O3. The van der Waals surface area contributed by atoms with Gasteiger partial charge in [0.25, 0.3) is 0 Å². The van der Waals surface area contributed by atoms with E-state index in [1.807, 2.05) is 4.57 Å². The van der Waals surface area contributed by atoms with Crippen molar-refractivity contribution in [3.05, 3.63) is 88.5 Å². The van der Waals surface area contributed by atoms with Crippen LogP contribution in [-0.2, 0) is 17.5 Å². The average molecular weight is 493 g/mol. The molecule has 0 fully saturated rings. The average Bonchev–Trinajstić information content (AvgIpc) is 3.04. The van der Waals surface area contributed by atoms with Crippen LogP contribution >= 0.6 is 0 Å². The third kappa shape index (κ3) is 6.80. The highest BCUT2D eigenvalue weighted by molar-refractivity contribution is 6.14. The highest BCUT2D eigenvalue weighted by Gasteiger charge is 2.31. The van der Waals surface area contributed by atoms with Gasteiger partial charge in [0.15, 0.2) is 6.29 Å². The van der Waals surface area contributed by atoms with Gasteiger partial charge >= 0.3 is 6.18 Å². The fourth-order valence-corrected chi connectivity index (χ4v) is 3.65. The molecule has 3 rings (SSSR count). The Balaban J connectivity index is 0.00000100. The molecule has 0 aliphatic heterocycles. The zero-order chi connectivity index (χ0) is 26.3. The Hall–Kier alpha value is -3.43. The highest BCUT2D eigenvalue weighted by Crippen LogP contribution is 2.37. The van der Waals surface area contributed by atoms with Gasteiger partial charge in [-0.05, 0) is 74.5 Å². The lowest BCUT2D eigenvalue weighted by Crippen LogP contribution is -2.06.